The first kappa shape index (κ1) is 21.5. The number of halogens is 2. The van der Waals surface area contributed by atoms with Crippen molar-refractivity contribution in [1.29, 1.82) is 0 Å². The smallest absolute Gasteiger partial charge is 0.244 e. The number of fused-ring (bicyclic) bond motifs is 1. The van der Waals surface area contributed by atoms with Gasteiger partial charge in [-0.05, 0) is 61.5 Å². The molecule has 3 heterocycles. The average Bonchev–Trinajstić information content (AvgIpc) is 3.32. The van der Waals surface area contributed by atoms with Gasteiger partial charge in [0.05, 0.1) is 22.1 Å². The van der Waals surface area contributed by atoms with Gasteiger partial charge in [-0.3, -0.25) is 9.48 Å². The molecule has 0 spiro atoms. The molecule has 0 bridgehead atoms. The van der Waals surface area contributed by atoms with Gasteiger partial charge in [0.25, 0.3) is 0 Å². The number of amides is 1. The van der Waals surface area contributed by atoms with Crippen LogP contribution in [0.1, 0.15) is 15.6 Å². The van der Waals surface area contributed by atoms with Crippen LogP contribution in [0.3, 0.4) is 0 Å². The van der Waals surface area contributed by atoms with Gasteiger partial charge in [0.1, 0.15) is 18.2 Å². The Hall–Kier alpha value is -3.39. The molecule has 0 unspecified atom stereocenters. The Morgan fingerprint density at radius 2 is 1.61 bits per heavy atom. The second-order valence-corrected chi connectivity index (χ2v) is 9.36. The minimum atomic E-state index is -0.333. The molecule has 0 saturated carbocycles. The number of aryl methyl sites for hydroxylation is 1. The highest BCUT2D eigenvalue weighted by atomic mass is 32.1. The SMILES string of the molecule is Cc1nc2c(s1)CCN(C(=O)Cn1nc(-c3ccc(F)cc3)cc1-c1ccc(F)cc1)CC2. The Morgan fingerprint density at radius 1 is 0.970 bits per heavy atom. The van der Waals surface area contributed by atoms with E-state index >= 15 is 0 Å². The van der Waals surface area contributed by atoms with Crippen LogP contribution in [0.25, 0.3) is 22.5 Å². The second-order valence-electron chi connectivity index (χ2n) is 8.07. The Morgan fingerprint density at radius 3 is 2.30 bits per heavy atom. The first-order valence-electron chi connectivity index (χ1n) is 10.8. The van der Waals surface area contributed by atoms with E-state index in [0.29, 0.717) is 24.5 Å². The predicted octanol–water partition coefficient (Wildman–Crippen LogP) is 4.89. The van der Waals surface area contributed by atoms with Crippen molar-refractivity contribution in [3.05, 3.63) is 81.8 Å². The van der Waals surface area contributed by atoms with Gasteiger partial charge >= 0.3 is 0 Å². The number of benzene rings is 2. The highest BCUT2D eigenvalue weighted by Gasteiger charge is 2.23. The van der Waals surface area contributed by atoms with E-state index in [2.05, 4.69) is 10.1 Å². The van der Waals surface area contributed by atoms with Crippen molar-refractivity contribution in [3.8, 4) is 22.5 Å². The third-order valence-corrected chi connectivity index (χ3v) is 6.88. The summed E-state index contributed by atoms with van der Waals surface area (Å²) in [6, 6.07) is 14.0. The summed E-state index contributed by atoms with van der Waals surface area (Å²) in [4.78, 5) is 20.9. The maximum absolute atomic E-state index is 13.5. The lowest BCUT2D eigenvalue weighted by atomic mass is 10.1. The molecule has 5 rings (SSSR count). The van der Waals surface area contributed by atoms with E-state index in [4.69, 9.17) is 0 Å². The molecule has 1 aliphatic heterocycles. The number of nitrogens with zero attached hydrogens (tertiary/aromatic N) is 4. The number of aromatic nitrogens is 3. The maximum Gasteiger partial charge on any atom is 0.244 e. The molecule has 0 fully saturated rings. The number of hydrogen-bond donors (Lipinski definition) is 0. The van der Waals surface area contributed by atoms with Crippen molar-refractivity contribution in [3.63, 3.8) is 0 Å². The fourth-order valence-corrected chi connectivity index (χ4v) is 5.09. The highest BCUT2D eigenvalue weighted by Crippen LogP contribution is 2.27. The monoisotopic (exact) mass is 464 g/mol. The quantitative estimate of drug-likeness (QED) is 0.432. The summed E-state index contributed by atoms with van der Waals surface area (Å²) in [7, 11) is 0. The lowest BCUT2D eigenvalue weighted by molar-refractivity contribution is -0.131. The molecular weight excluding hydrogens is 442 g/mol. The molecule has 0 N–H and O–H groups in total. The number of hydrogen-bond acceptors (Lipinski definition) is 4. The van der Waals surface area contributed by atoms with Gasteiger partial charge in [-0.1, -0.05) is 0 Å². The summed E-state index contributed by atoms with van der Waals surface area (Å²) in [6.07, 6.45) is 1.55. The van der Waals surface area contributed by atoms with Gasteiger partial charge in [0, 0.05) is 41.9 Å². The summed E-state index contributed by atoms with van der Waals surface area (Å²) >= 11 is 1.70. The summed E-state index contributed by atoms with van der Waals surface area (Å²) in [5, 5.41) is 5.71. The number of carbonyl (C=O) groups is 1. The molecule has 2 aromatic heterocycles. The Bertz CT molecular complexity index is 1270. The molecule has 0 saturated heterocycles. The molecule has 2 aromatic carbocycles. The standard InChI is InChI=1S/C25H22F2N4OS/c1-16-28-21-10-12-30(13-11-24(21)33-16)25(32)15-31-23(18-4-8-20(27)9-5-18)14-22(29-31)17-2-6-19(26)7-3-17/h2-9,14H,10-13,15H2,1H3. The summed E-state index contributed by atoms with van der Waals surface area (Å²) in [6.45, 7) is 3.34. The van der Waals surface area contributed by atoms with Crippen LogP contribution >= 0.6 is 11.3 Å². The van der Waals surface area contributed by atoms with Crippen molar-refractivity contribution in [2.45, 2.75) is 26.3 Å². The molecule has 8 heteroatoms. The maximum atomic E-state index is 13.5. The molecule has 1 amide bonds. The number of thiazole rings is 1. The molecule has 168 valence electrons. The number of rotatable bonds is 4. The van der Waals surface area contributed by atoms with Crippen LogP contribution < -0.4 is 0 Å². The second kappa shape index (κ2) is 8.86. The summed E-state index contributed by atoms with van der Waals surface area (Å²) in [5.41, 5.74) is 3.92. The predicted molar refractivity (Wildman–Crippen MR) is 124 cm³/mol. The summed E-state index contributed by atoms with van der Waals surface area (Å²) < 4.78 is 28.5. The molecular formula is C25H22F2N4OS. The average molecular weight is 465 g/mol. The van der Waals surface area contributed by atoms with E-state index in [1.54, 1.807) is 40.3 Å². The van der Waals surface area contributed by atoms with Crippen LogP contribution in [0, 0.1) is 18.6 Å². The largest absolute Gasteiger partial charge is 0.340 e. The van der Waals surface area contributed by atoms with Gasteiger partial charge in [0.2, 0.25) is 5.91 Å². The summed E-state index contributed by atoms with van der Waals surface area (Å²) in [5.74, 6) is -0.689. The van der Waals surface area contributed by atoms with Crippen LogP contribution in [0.4, 0.5) is 8.78 Å². The zero-order valence-electron chi connectivity index (χ0n) is 18.1. The fourth-order valence-electron chi connectivity index (χ4n) is 4.12. The van der Waals surface area contributed by atoms with E-state index in [0.717, 1.165) is 34.7 Å². The molecule has 4 aromatic rings. The van der Waals surface area contributed by atoms with E-state index in [1.807, 2.05) is 17.9 Å². The van der Waals surface area contributed by atoms with Gasteiger partial charge in [-0.2, -0.15) is 5.10 Å². The molecule has 0 aliphatic carbocycles. The first-order chi connectivity index (χ1) is 16.0. The zero-order chi connectivity index (χ0) is 22.9. The minimum absolute atomic E-state index is 0.0287. The normalized spacial score (nSPS) is 13.6. The van der Waals surface area contributed by atoms with Crippen molar-refractivity contribution in [2.24, 2.45) is 0 Å². The topological polar surface area (TPSA) is 51.0 Å². The zero-order valence-corrected chi connectivity index (χ0v) is 18.9. The fraction of sp³-hybridized carbons (Fsp3) is 0.240. The van der Waals surface area contributed by atoms with E-state index in [-0.39, 0.29) is 24.1 Å². The van der Waals surface area contributed by atoms with E-state index in [9.17, 15) is 13.6 Å². The van der Waals surface area contributed by atoms with E-state index < -0.39 is 0 Å². The minimum Gasteiger partial charge on any atom is -0.340 e. The van der Waals surface area contributed by atoms with Gasteiger partial charge in [-0.15, -0.1) is 11.3 Å². The van der Waals surface area contributed by atoms with Gasteiger partial charge < -0.3 is 4.90 Å². The number of carbonyl (C=O) groups excluding carboxylic acids is 1. The lowest BCUT2D eigenvalue weighted by Crippen LogP contribution is -2.36. The van der Waals surface area contributed by atoms with Crippen molar-refractivity contribution < 1.29 is 13.6 Å². The Kier molecular flexibility index (Phi) is 5.76. The molecule has 1 aliphatic rings. The lowest BCUT2D eigenvalue weighted by Gasteiger charge is -2.21. The van der Waals surface area contributed by atoms with Crippen LogP contribution in [-0.2, 0) is 24.2 Å². The Labute approximate surface area is 194 Å². The van der Waals surface area contributed by atoms with Crippen LogP contribution in [-0.4, -0.2) is 38.7 Å². The third-order valence-electron chi connectivity index (χ3n) is 5.81. The first-order valence-corrected chi connectivity index (χ1v) is 11.6. The molecule has 5 nitrogen and oxygen atoms in total. The molecule has 0 radical (unpaired) electrons. The Balaban J connectivity index is 1.42. The van der Waals surface area contributed by atoms with Crippen LogP contribution in [0.5, 0.6) is 0 Å². The van der Waals surface area contributed by atoms with Crippen molar-refractivity contribution in [2.75, 3.05) is 13.1 Å². The van der Waals surface area contributed by atoms with Gasteiger partial charge in [0.15, 0.2) is 0 Å². The molecule has 0 atom stereocenters. The van der Waals surface area contributed by atoms with Crippen LogP contribution in [0.15, 0.2) is 54.6 Å². The van der Waals surface area contributed by atoms with Gasteiger partial charge in [-0.25, -0.2) is 13.8 Å². The van der Waals surface area contributed by atoms with Crippen molar-refractivity contribution in [1.82, 2.24) is 19.7 Å². The molecule has 33 heavy (non-hydrogen) atoms. The highest BCUT2D eigenvalue weighted by molar-refractivity contribution is 7.11. The van der Waals surface area contributed by atoms with Crippen molar-refractivity contribution >= 4 is 17.2 Å². The van der Waals surface area contributed by atoms with E-state index in [1.165, 1.54) is 29.1 Å². The van der Waals surface area contributed by atoms with Crippen LogP contribution in [0.2, 0.25) is 0 Å². The third kappa shape index (κ3) is 4.57.